The number of carbonyl (C=O) groups is 2. The summed E-state index contributed by atoms with van der Waals surface area (Å²) in [4.78, 5) is 21.2. The van der Waals surface area contributed by atoms with E-state index in [1.807, 2.05) is 0 Å². The quantitative estimate of drug-likeness (QED) is 0.465. The summed E-state index contributed by atoms with van der Waals surface area (Å²) in [6.07, 6.45) is 0.232. The molecule has 5 heteroatoms. The number of carbonyl (C=O) groups excluding carboxylic acids is 2. The lowest BCUT2D eigenvalue weighted by Gasteiger charge is -2.28. The van der Waals surface area contributed by atoms with Crippen molar-refractivity contribution in [2.24, 2.45) is 11.8 Å². The Kier molecular flexibility index (Phi) is 1.76. The van der Waals surface area contributed by atoms with Gasteiger partial charge in [0.2, 0.25) is 0 Å². The van der Waals surface area contributed by atoms with E-state index in [0.29, 0.717) is 12.8 Å². The molecule has 0 spiro atoms. The van der Waals surface area contributed by atoms with Crippen molar-refractivity contribution in [2.75, 3.05) is 0 Å². The SMILES string of the molecule is O=C([O-])C1C2CCC(O2)C1C(=O)[O-]. The number of fused-ring (bicyclic) bond motifs is 2. The molecule has 2 rings (SSSR count). The first-order chi connectivity index (χ1) is 6.11. The molecule has 13 heavy (non-hydrogen) atoms. The number of aliphatic carboxylic acids is 2. The summed E-state index contributed by atoms with van der Waals surface area (Å²) in [6.45, 7) is 0. The standard InChI is InChI=1S/C8H10O5/c9-7(10)5-3-1-2-4(13-3)6(5)8(11)12/h3-6H,1-2H2,(H,9,10)(H,11,12)/p-2. The van der Waals surface area contributed by atoms with Crippen LogP contribution in [0.2, 0.25) is 0 Å². The number of rotatable bonds is 2. The van der Waals surface area contributed by atoms with E-state index in [1.165, 1.54) is 0 Å². The average Bonchev–Trinajstić information content (AvgIpc) is 2.60. The van der Waals surface area contributed by atoms with Gasteiger partial charge in [0.15, 0.2) is 0 Å². The Morgan fingerprint density at radius 2 is 1.38 bits per heavy atom. The smallest absolute Gasteiger partial charge is 0.0667 e. The molecule has 4 atom stereocenters. The van der Waals surface area contributed by atoms with Crippen LogP contribution in [0.3, 0.4) is 0 Å². The molecular formula is C8H8O5-2. The lowest BCUT2D eigenvalue weighted by molar-refractivity contribution is -0.326. The van der Waals surface area contributed by atoms with E-state index in [1.54, 1.807) is 0 Å². The molecule has 2 heterocycles. The summed E-state index contributed by atoms with van der Waals surface area (Å²) in [5, 5.41) is 21.2. The molecule has 72 valence electrons. The van der Waals surface area contributed by atoms with Crippen molar-refractivity contribution in [1.82, 2.24) is 0 Å². The maximum Gasteiger partial charge on any atom is 0.0667 e. The van der Waals surface area contributed by atoms with E-state index in [9.17, 15) is 19.8 Å². The highest BCUT2D eigenvalue weighted by Crippen LogP contribution is 2.42. The molecule has 2 saturated heterocycles. The topological polar surface area (TPSA) is 89.5 Å². The first kappa shape index (κ1) is 8.50. The van der Waals surface area contributed by atoms with E-state index in [-0.39, 0.29) is 0 Å². The minimum atomic E-state index is -1.35. The second kappa shape index (κ2) is 2.70. The molecule has 0 aromatic carbocycles. The van der Waals surface area contributed by atoms with Crippen LogP contribution in [0.4, 0.5) is 0 Å². The fraction of sp³-hybridized carbons (Fsp3) is 0.750. The zero-order valence-electron chi connectivity index (χ0n) is 6.76. The minimum absolute atomic E-state index is 0.488. The van der Waals surface area contributed by atoms with Crippen LogP contribution in [0.25, 0.3) is 0 Å². The van der Waals surface area contributed by atoms with Crippen molar-refractivity contribution in [2.45, 2.75) is 25.0 Å². The number of carboxylic acids is 2. The molecule has 2 fully saturated rings. The fourth-order valence-corrected chi connectivity index (χ4v) is 2.28. The summed E-state index contributed by atoms with van der Waals surface area (Å²) in [5.41, 5.74) is 0. The Labute approximate surface area is 74.3 Å². The highest BCUT2D eigenvalue weighted by Gasteiger charge is 2.50. The van der Waals surface area contributed by atoms with Gasteiger partial charge in [-0.1, -0.05) is 0 Å². The molecule has 0 saturated carbocycles. The second-order valence-corrected chi connectivity index (χ2v) is 3.48. The van der Waals surface area contributed by atoms with Gasteiger partial charge in [0.1, 0.15) is 0 Å². The monoisotopic (exact) mass is 184 g/mol. The van der Waals surface area contributed by atoms with Gasteiger partial charge in [0.25, 0.3) is 0 Å². The molecule has 0 aromatic heterocycles. The zero-order chi connectivity index (χ0) is 9.59. The number of hydrogen-bond acceptors (Lipinski definition) is 5. The van der Waals surface area contributed by atoms with Crippen LogP contribution in [0.15, 0.2) is 0 Å². The Morgan fingerprint density at radius 3 is 1.69 bits per heavy atom. The third kappa shape index (κ3) is 1.11. The molecule has 2 aliphatic rings. The lowest BCUT2D eigenvalue weighted by Crippen LogP contribution is -2.48. The van der Waals surface area contributed by atoms with Crippen LogP contribution in [0, 0.1) is 11.8 Å². The summed E-state index contributed by atoms with van der Waals surface area (Å²) in [5.74, 6) is -4.74. The van der Waals surface area contributed by atoms with Gasteiger partial charge in [-0.05, 0) is 12.8 Å². The van der Waals surface area contributed by atoms with Crippen LogP contribution in [0.5, 0.6) is 0 Å². The molecule has 0 aliphatic carbocycles. The molecular weight excluding hydrogens is 176 g/mol. The third-order valence-electron chi connectivity index (χ3n) is 2.82. The molecule has 2 aliphatic heterocycles. The average molecular weight is 184 g/mol. The maximum absolute atomic E-state index is 10.6. The molecule has 0 radical (unpaired) electrons. The Balaban J connectivity index is 2.24. The minimum Gasteiger partial charge on any atom is -0.550 e. The summed E-state index contributed by atoms with van der Waals surface area (Å²) >= 11 is 0. The molecule has 2 bridgehead atoms. The van der Waals surface area contributed by atoms with Crippen LogP contribution < -0.4 is 10.2 Å². The highest BCUT2D eigenvalue weighted by atomic mass is 16.5. The van der Waals surface area contributed by atoms with Crippen molar-refractivity contribution in [1.29, 1.82) is 0 Å². The lowest BCUT2D eigenvalue weighted by atomic mass is 9.79. The maximum atomic E-state index is 10.6. The van der Waals surface area contributed by atoms with Crippen LogP contribution in [-0.2, 0) is 14.3 Å². The Morgan fingerprint density at radius 1 is 1.00 bits per heavy atom. The number of carboxylic acid groups (broad SMARTS) is 2. The number of ether oxygens (including phenoxy) is 1. The van der Waals surface area contributed by atoms with Crippen LogP contribution in [0.1, 0.15) is 12.8 Å². The fourth-order valence-electron chi connectivity index (χ4n) is 2.28. The molecule has 4 unspecified atom stereocenters. The van der Waals surface area contributed by atoms with Gasteiger partial charge in [0, 0.05) is 23.8 Å². The van der Waals surface area contributed by atoms with Gasteiger partial charge >= 0.3 is 0 Å². The molecule has 0 amide bonds. The van der Waals surface area contributed by atoms with Gasteiger partial charge in [-0.25, -0.2) is 0 Å². The van der Waals surface area contributed by atoms with Gasteiger partial charge in [-0.15, -0.1) is 0 Å². The Hall–Kier alpha value is -1.10. The van der Waals surface area contributed by atoms with Crippen molar-refractivity contribution in [3.63, 3.8) is 0 Å². The van der Waals surface area contributed by atoms with E-state index in [2.05, 4.69) is 0 Å². The first-order valence-corrected chi connectivity index (χ1v) is 4.18. The molecule has 0 aromatic rings. The second-order valence-electron chi connectivity index (χ2n) is 3.48. The number of hydrogen-bond donors (Lipinski definition) is 0. The van der Waals surface area contributed by atoms with Gasteiger partial charge in [0.05, 0.1) is 12.2 Å². The normalized spacial score (nSPS) is 42.2. The van der Waals surface area contributed by atoms with Gasteiger partial charge in [-0.3, -0.25) is 0 Å². The first-order valence-electron chi connectivity index (χ1n) is 4.18. The summed E-state index contributed by atoms with van der Waals surface area (Å²) in [7, 11) is 0. The van der Waals surface area contributed by atoms with Crippen molar-refractivity contribution >= 4 is 11.9 Å². The van der Waals surface area contributed by atoms with Gasteiger partial charge < -0.3 is 24.5 Å². The Bertz CT molecular complexity index is 235. The highest BCUT2D eigenvalue weighted by molar-refractivity contribution is 5.80. The predicted molar refractivity (Wildman–Crippen MR) is 34.9 cm³/mol. The van der Waals surface area contributed by atoms with Gasteiger partial charge in [-0.2, -0.15) is 0 Å². The van der Waals surface area contributed by atoms with Crippen LogP contribution >= 0.6 is 0 Å². The third-order valence-corrected chi connectivity index (χ3v) is 2.82. The molecule has 0 N–H and O–H groups in total. The summed E-state index contributed by atoms with van der Waals surface area (Å²) < 4.78 is 5.18. The summed E-state index contributed by atoms with van der Waals surface area (Å²) in [6, 6.07) is 0. The van der Waals surface area contributed by atoms with Crippen LogP contribution in [-0.4, -0.2) is 24.1 Å². The zero-order valence-corrected chi connectivity index (χ0v) is 6.76. The van der Waals surface area contributed by atoms with Crippen molar-refractivity contribution in [3.8, 4) is 0 Å². The van der Waals surface area contributed by atoms with E-state index >= 15 is 0 Å². The van der Waals surface area contributed by atoms with E-state index in [4.69, 9.17) is 4.74 Å². The van der Waals surface area contributed by atoms with Crippen molar-refractivity contribution < 1.29 is 24.5 Å². The molecule has 5 nitrogen and oxygen atoms in total. The predicted octanol–water partition coefficient (Wildman–Crippen LogP) is -2.72. The van der Waals surface area contributed by atoms with Crippen molar-refractivity contribution in [3.05, 3.63) is 0 Å². The van der Waals surface area contributed by atoms with E-state index in [0.717, 1.165) is 0 Å². The largest absolute Gasteiger partial charge is 0.550 e. The van der Waals surface area contributed by atoms with E-state index < -0.39 is 36.0 Å².